The summed E-state index contributed by atoms with van der Waals surface area (Å²) in [7, 11) is 0. The summed E-state index contributed by atoms with van der Waals surface area (Å²) in [5.41, 5.74) is 1.55. The highest BCUT2D eigenvalue weighted by Gasteiger charge is 2.08. The molecule has 0 amide bonds. The summed E-state index contributed by atoms with van der Waals surface area (Å²) in [6.07, 6.45) is 10.6. The number of nitrogens with zero attached hydrogens (tertiary/aromatic N) is 1. The third kappa shape index (κ3) is 7.92. The van der Waals surface area contributed by atoms with Gasteiger partial charge in [-0.2, -0.15) is 0 Å². The molecule has 0 unspecified atom stereocenters. The molecule has 0 aliphatic carbocycles. The summed E-state index contributed by atoms with van der Waals surface area (Å²) >= 11 is 0. The van der Waals surface area contributed by atoms with Crippen LogP contribution in [0.5, 0.6) is 0 Å². The zero-order valence-corrected chi connectivity index (χ0v) is 11.9. The van der Waals surface area contributed by atoms with Crippen LogP contribution in [-0.4, -0.2) is 24.5 Å². The normalized spacial score (nSPS) is 17.9. The van der Waals surface area contributed by atoms with E-state index in [1.807, 2.05) is 13.8 Å². The van der Waals surface area contributed by atoms with E-state index in [1.54, 1.807) is 5.57 Å². The third-order valence-corrected chi connectivity index (χ3v) is 3.24. The lowest BCUT2D eigenvalue weighted by atomic mass is 10.1. The average Bonchev–Trinajstić information content (AvgIpc) is 2.38. The van der Waals surface area contributed by atoms with Crippen molar-refractivity contribution in [3.63, 3.8) is 0 Å². The second-order valence-corrected chi connectivity index (χ2v) is 4.49. The van der Waals surface area contributed by atoms with Crippen molar-refractivity contribution in [2.24, 2.45) is 0 Å². The zero-order valence-electron chi connectivity index (χ0n) is 11.9. The van der Waals surface area contributed by atoms with E-state index in [2.05, 4.69) is 24.8 Å². The zero-order chi connectivity index (χ0) is 12.2. The lowest BCUT2D eigenvalue weighted by Gasteiger charge is -2.26. The third-order valence-electron chi connectivity index (χ3n) is 3.24. The van der Waals surface area contributed by atoms with Crippen LogP contribution in [0.2, 0.25) is 0 Å². The van der Waals surface area contributed by atoms with E-state index in [4.69, 9.17) is 0 Å². The largest absolute Gasteiger partial charge is 0.303 e. The Kier molecular flexibility index (Phi) is 11.0. The van der Waals surface area contributed by atoms with Crippen LogP contribution in [0.3, 0.4) is 0 Å². The molecule has 0 saturated carbocycles. The van der Waals surface area contributed by atoms with Gasteiger partial charge in [0.15, 0.2) is 0 Å². The predicted octanol–water partition coefficient (Wildman–Crippen LogP) is 4.64. The van der Waals surface area contributed by atoms with Gasteiger partial charge in [-0.3, -0.25) is 0 Å². The van der Waals surface area contributed by atoms with Gasteiger partial charge in [0.25, 0.3) is 0 Å². The molecule has 0 aromatic carbocycles. The standard InChI is InChI=1S/C13H25N.C2H6/c1-3-13(2)9-5-8-12-14-10-6-4-7-11-14;1-2/h3H,4-12H2,1-2H3;1-2H3/b13-3-;. The Morgan fingerprint density at radius 2 is 1.69 bits per heavy atom. The minimum atomic E-state index is 1.30. The number of rotatable bonds is 5. The van der Waals surface area contributed by atoms with E-state index in [0.29, 0.717) is 0 Å². The summed E-state index contributed by atoms with van der Waals surface area (Å²) in [5, 5.41) is 0. The lowest BCUT2D eigenvalue weighted by molar-refractivity contribution is 0.225. The van der Waals surface area contributed by atoms with Gasteiger partial charge in [-0.1, -0.05) is 31.9 Å². The Balaban J connectivity index is 0.00000106. The fourth-order valence-electron chi connectivity index (χ4n) is 2.07. The monoisotopic (exact) mass is 225 g/mol. The maximum Gasteiger partial charge on any atom is -0.00186 e. The number of piperidine rings is 1. The van der Waals surface area contributed by atoms with Crippen LogP contribution in [0.25, 0.3) is 0 Å². The fraction of sp³-hybridized carbons (Fsp3) is 0.867. The smallest absolute Gasteiger partial charge is 0.00186 e. The molecule has 0 aromatic heterocycles. The quantitative estimate of drug-likeness (QED) is 0.487. The van der Waals surface area contributed by atoms with Crippen LogP contribution in [-0.2, 0) is 0 Å². The van der Waals surface area contributed by atoms with Gasteiger partial charge in [-0.25, -0.2) is 0 Å². The van der Waals surface area contributed by atoms with Gasteiger partial charge in [-0.15, -0.1) is 0 Å². The number of likely N-dealkylation sites (tertiary alicyclic amines) is 1. The molecule has 1 heterocycles. The first-order valence-corrected chi connectivity index (χ1v) is 7.17. The van der Waals surface area contributed by atoms with Gasteiger partial charge >= 0.3 is 0 Å². The highest BCUT2D eigenvalue weighted by atomic mass is 15.1. The fourth-order valence-corrected chi connectivity index (χ4v) is 2.07. The van der Waals surface area contributed by atoms with Crippen LogP contribution < -0.4 is 0 Å². The topological polar surface area (TPSA) is 3.24 Å². The number of allylic oxidation sites excluding steroid dienone is 2. The van der Waals surface area contributed by atoms with Crippen LogP contribution >= 0.6 is 0 Å². The first-order chi connectivity index (χ1) is 7.83. The van der Waals surface area contributed by atoms with Crippen molar-refractivity contribution >= 4 is 0 Å². The molecule has 0 bridgehead atoms. The van der Waals surface area contributed by atoms with E-state index in [9.17, 15) is 0 Å². The van der Waals surface area contributed by atoms with Crippen molar-refractivity contribution in [1.82, 2.24) is 4.90 Å². The summed E-state index contributed by atoms with van der Waals surface area (Å²) in [6.45, 7) is 12.4. The van der Waals surface area contributed by atoms with E-state index < -0.39 is 0 Å². The Morgan fingerprint density at radius 1 is 1.06 bits per heavy atom. The summed E-state index contributed by atoms with van der Waals surface area (Å²) < 4.78 is 0. The first kappa shape index (κ1) is 15.7. The molecule has 16 heavy (non-hydrogen) atoms. The maximum atomic E-state index is 2.63. The van der Waals surface area contributed by atoms with Crippen molar-refractivity contribution in [2.75, 3.05) is 19.6 Å². The van der Waals surface area contributed by atoms with Gasteiger partial charge < -0.3 is 4.90 Å². The second-order valence-electron chi connectivity index (χ2n) is 4.49. The van der Waals surface area contributed by atoms with Crippen molar-refractivity contribution < 1.29 is 0 Å². The minimum Gasteiger partial charge on any atom is -0.303 e. The van der Waals surface area contributed by atoms with Gasteiger partial charge in [0, 0.05) is 0 Å². The van der Waals surface area contributed by atoms with Crippen LogP contribution in [0.1, 0.15) is 66.2 Å². The summed E-state index contributed by atoms with van der Waals surface area (Å²) in [5.74, 6) is 0. The molecule has 1 aliphatic heterocycles. The number of unbranched alkanes of at least 4 members (excludes halogenated alkanes) is 1. The van der Waals surface area contributed by atoms with Crippen LogP contribution in [0.4, 0.5) is 0 Å². The average molecular weight is 225 g/mol. The van der Waals surface area contributed by atoms with E-state index >= 15 is 0 Å². The molecule has 0 spiro atoms. The molecule has 0 aromatic rings. The van der Waals surface area contributed by atoms with Crippen molar-refractivity contribution in [3.8, 4) is 0 Å². The van der Waals surface area contributed by atoms with Crippen molar-refractivity contribution in [3.05, 3.63) is 11.6 Å². The number of hydrogen-bond donors (Lipinski definition) is 0. The SMILES string of the molecule is C/C=C(/C)CCCCN1CCCCC1.CC. The summed E-state index contributed by atoms with van der Waals surface area (Å²) in [4.78, 5) is 2.63. The highest BCUT2D eigenvalue weighted by Crippen LogP contribution is 2.11. The molecule has 0 radical (unpaired) electrons. The van der Waals surface area contributed by atoms with E-state index in [1.165, 1.54) is 58.2 Å². The maximum absolute atomic E-state index is 2.63. The molecule has 1 aliphatic rings. The Morgan fingerprint density at radius 3 is 2.25 bits per heavy atom. The van der Waals surface area contributed by atoms with E-state index in [-0.39, 0.29) is 0 Å². The number of hydrogen-bond acceptors (Lipinski definition) is 1. The molecule has 1 nitrogen and oxygen atoms in total. The van der Waals surface area contributed by atoms with Crippen molar-refractivity contribution in [2.45, 2.75) is 66.2 Å². The molecule has 0 atom stereocenters. The molecule has 1 heteroatoms. The molecule has 96 valence electrons. The first-order valence-electron chi connectivity index (χ1n) is 7.17. The predicted molar refractivity (Wildman–Crippen MR) is 74.9 cm³/mol. The van der Waals surface area contributed by atoms with E-state index in [0.717, 1.165) is 0 Å². The molecule has 0 N–H and O–H groups in total. The van der Waals surface area contributed by atoms with Gasteiger partial charge in [0.2, 0.25) is 0 Å². The second kappa shape index (κ2) is 11.2. The molecule has 1 fully saturated rings. The minimum absolute atomic E-state index is 1.30. The molecule has 1 rings (SSSR count). The van der Waals surface area contributed by atoms with Crippen molar-refractivity contribution in [1.29, 1.82) is 0 Å². The Bertz CT molecular complexity index is 166. The van der Waals surface area contributed by atoms with Crippen LogP contribution in [0, 0.1) is 0 Å². The highest BCUT2D eigenvalue weighted by molar-refractivity contribution is 4.94. The van der Waals surface area contributed by atoms with Gasteiger partial charge in [0.05, 0.1) is 0 Å². The molecule has 1 saturated heterocycles. The molecular formula is C15H31N. The lowest BCUT2D eigenvalue weighted by Crippen LogP contribution is -2.30. The van der Waals surface area contributed by atoms with Gasteiger partial charge in [-0.05, 0) is 65.6 Å². The van der Waals surface area contributed by atoms with Gasteiger partial charge in [0.1, 0.15) is 0 Å². The van der Waals surface area contributed by atoms with Crippen LogP contribution in [0.15, 0.2) is 11.6 Å². The summed E-state index contributed by atoms with van der Waals surface area (Å²) in [6, 6.07) is 0. The Labute approximate surface area is 103 Å². The Hall–Kier alpha value is -0.300. The molecular weight excluding hydrogens is 194 g/mol.